The Morgan fingerprint density at radius 2 is 2.10 bits per heavy atom. The molecule has 1 atom stereocenters. The Bertz CT molecular complexity index is 722. The van der Waals surface area contributed by atoms with Crippen LogP contribution in [0.1, 0.15) is 34.5 Å². The smallest absolute Gasteiger partial charge is 0.264 e. The number of nitrogens with zero attached hydrogens (tertiary/aromatic N) is 1. The lowest BCUT2D eigenvalue weighted by Crippen LogP contribution is -2.22. The molecule has 5 heteroatoms. The number of nitrogens with one attached hydrogen (secondary N) is 1. The lowest BCUT2D eigenvalue weighted by atomic mass is 9.83. The summed E-state index contributed by atoms with van der Waals surface area (Å²) >= 11 is 3.37. The number of aryl methyl sites for hydroxylation is 1. The van der Waals surface area contributed by atoms with Gasteiger partial charge in [-0.25, -0.2) is 5.10 Å². The fourth-order valence-electron chi connectivity index (χ4n) is 2.81. The Hall–Kier alpha value is -1.75. The van der Waals surface area contributed by atoms with Crippen molar-refractivity contribution in [3.8, 4) is 0 Å². The van der Waals surface area contributed by atoms with Crippen molar-refractivity contribution in [2.75, 3.05) is 0 Å². The molecule has 1 N–H and O–H groups in total. The molecule has 21 heavy (non-hydrogen) atoms. The molecular weight excluding hydrogens is 332 g/mol. The van der Waals surface area contributed by atoms with Crippen molar-refractivity contribution in [2.24, 2.45) is 5.92 Å². The third-order valence-corrected chi connectivity index (χ3v) is 4.44. The van der Waals surface area contributed by atoms with Crippen molar-refractivity contribution in [1.29, 1.82) is 0 Å². The van der Waals surface area contributed by atoms with Crippen LogP contribution in [0.4, 0.5) is 0 Å². The normalized spacial score (nSPS) is 17.3. The van der Waals surface area contributed by atoms with Crippen LogP contribution < -0.4 is 5.56 Å². The molecule has 1 aromatic carbocycles. The van der Waals surface area contributed by atoms with Crippen LogP contribution in [0.2, 0.25) is 0 Å². The van der Waals surface area contributed by atoms with Crippen LogP contribution in [0.25, 0.3) is 0 Å². The van der Waals surface area contributed by atoms with Crippen LogP contribution in [0.15, 0.2) is 39.6 Å². The van der Waals surface area contributed by atoms with E-state index in [0.29, 0.717) is 6.42 Å². The van der Waals surface area contributed by atoms with Gasteiger partial charge in [0, 0.05) is 22.5 Å². The summed E-state index contributed by atoms with van der Waals surface area (Å²) in [4.78, 5) is 23.6. The van der Waals surface area contributed by atoms with Gasteiger partial charge in [-0.3, -0.25) is 9.59 Å². The summed E-state index contributed by atoms with van der Waals surface area (Å²) in [5, 5.41) is 6.54. The van der Waals surface area contributed by atoms with E-state index in [9.17, 15) is 9.59 Å². The first-order valence-corrected chi connectivity index (χ1v) is 7.77. The number of rotatable bonds is 3. The zero-order valence-electron chi connectivity index (χ0n) is 11.4. The molecular formula is C16H15BrN2O2. The van der Waals surface area contributed by atoms with Crippen molar-refractivity contribution in [1.82, 2.24) is 10.2 Å². The Kier molecular flexibility index (Phi) is 4.01. The lowest BCUT2D eigenvalue weighted by molar-refractivity contribution is 0.0957. The van der Waals surface area contributed by atoms with Gasteiger partial charge >= 0.3 is 0 Å². The highest BCUT2D eigenvalue weighted by Gasteiger charge is 2.22. The number of aromatic nitrogens is 2. The molecule has 1 aliphatic carbocycles. The highest BCUT2D eigenvalue weighted by atomic mass is 79.9. The van der Waals surface area contributed by atoms with Crippen molar-refractivity contribution >= 4 is 21.7 Å². The largest absolute Gasteiger partial charge is 0.294 e. The second kappa shape index (κ2) is 5.93. The molecule has 2 aromatic rings. The minimum absolute atomic E-state index is 0.161. The number of carbonyl (C=O) groups excluding carboxylic acids is 1. The van der Waals surface area contributed by atoms with Crippen molar-refractivity contribution in [3.05, 3.63) is 62.0 Å². The number of aromatic amines is 1. The molecule has 0 fully saturated rings. The van der Waals surface area contributed by atoms with Gasteiger partial charge in [-0.1, -0.05) is 28.1 Å². The van der Waals surface area contributed by atoms with Crippen LogP contribution >= 0.6 is 15.9 Å². The highest BCUT2D eigenvalue weighted by Crippen LogP contribution is 2.26. The Labute approximate surface area is 130 Å². The van der Waals surface area contributed by atoms with E-state index in [1.54, 1.807) is 6.07 Å². The number of hydrogen-bond donors (Lipinski definition) is 1. The summed E-state index contributed by atoms with van der Waals surface area (Å²) in [5.41, 5.74) is 2.52. The molecule has 0 spiro atoms. The maximum absolute atomic E-state index is 12.3. The summed E-state index contributed by atoms with van der Waals surface area (Å²) in [7, 11) is 0. The van der Waals surface area contributed by atoms with Gasteiger partial charge < -0.3 is 0 Å². The molecule has 3 rings (SSSR count). The minimum Gasteiger partial charge on any atom is -0.294 e. The first-order valence-electron chi connectivity index (χ1n) is 6.98. The number of hydrogen-bond acceptors (Lipinski definition) is 3. The molecule has 4 nitrogen and oxygen atoms in total. The first kappa shape index (κ1) is 14.2. The monoisotopic (exact) mass is 346 g/mol. The number of H-pyrrole nitrogens is 1. The predicted molar refractivity (Wildman–Crippen MR) is 83.5 cm³/mol. The third-order valence-electron chi connectivity index (χ3n) is 3.92. The van der Waals surface area contributed by atoms with E-state index in [2.05, 4.69) is 26.1 Å². The Balaban J connectivity index is 1.70. The summed E-state index contributed by atoms with van der Waals surface area (Å²) in [6.45, 7) is 0. The van der Waals surface area contributed by atoms with Gasteiger partial charge in [0.1, 0.15) is 0 Å². The molecule has 0 aliphatic heterocycles. The zero-order valence-corrected chi connectivity index (χ0v) is 13.0. The fraction of sp³-hybridized carbons (Fsp3) is 0.312. The lowest BCUT2D eigenvalue weighted by Gasteiger charge is -2.22. The van der Waals surface area contributed by atoms with Crippen LogP contribution in [-0.2, 0) is 12.8 Å². The van der Waals surface area contributed by atoms with E-state index < -0.39 is 0 Å². The van der Waals surface area contributed by atoms with Gasteiger partial charge in [-0.15, -0.1) is 0 Å². The van der Waals surface area contributed by atoms with Gasteiger partial charge in [0.15, 0.2) is 5.78 Å². The number of Topliss-reactive ketones (excluding diaryl/α,β-unsaturated/α-hetero) is 1. The molecule has 0 bridgehead atoms. The summed E-state index contributed by atoms with van der Waals surface area (Å²) in [6, 6.07) is 9.06. The van der Waals surface area contributed by atoms with Crippen LogP contribution in [-0.4, -0.2) is 16.0 Å². The second-order valence-electron chi connectivity index (χ2n) is 5.45. The van der Waals surface area contributed by atoms with Gasteiger partial charge in [0.2, 0.25) is 0 Å². The maximum atomic E-state index is 12.3. The van der Waals surface area contributed by atoms with Gasteiger partial charge in [-0.2, -0.15) is 5.10 Å². The topological polar surface area (TPSA) is 62.8 Å². The average Bonchev–Trinajstić information content (AvgIpc) is 2.47. The maximum Gasteiger partial charge on any atom is 0.264 e. The molecule has 1 unspecified atom stereocenters. The molecule has 0 amide bonds. The standard InChI is InChI=1S/C16H15BrN2O2/c17-13-4-2-11(3-5-13)15(20)8-10-1-6-14-12(7-10)9-16(21)19-18-14/h2-5,9-10H,1,6-8H2,(H,19,21). The predicted octanol–water partition coefficient (Wildman–Crippen LogP) is 2.91. The SMILES string of the molecule is O=C(CC1CCc2n[nH]c(=O)cc2C1)c1ccc(Br)cc1. The van der Waals surface area contributed by atoms with E-state index in [0.717, 1.165) is 40.6 Å². The van der Waals surface area contributed by atoms with Gasteiger partial charge in [-0.05, 0) is 42.9 Å². The van der Waals surface area contributed by atoms with Crippen LogP contribution in [0, 0.1) is 5.92 Å². The second-order valence-corrected chi connectivity index (χ2v) is 6.36. The average molecular weight is 347 g/mol. The molecule has 0 saturated carbocycles. The number of carbonyl (C=O) groups is 1. The molecule has 0 radical (unpaired) electrons. The molecule has 0 saturated heterocycles. The van der Waals surface area contributed by atoms with E-state index in [-0.39, 0.29) is 17.3 Å². The zero-order chi connectivity index (χ0) is 14.8. The van der Waals surface area contributed by atoms with Gasteiger partial charge in [0.25, 0.3) is 5.56 Å². The Morgan fingerprint density at radius 3 is 2.86 bits per heavy atom. The van der Waals surface area contributed by atoms with E-state index in [1.807, 2.05) is 24.3 Å². The minimum atomic E-state index is -0.173. The van der Waals surface area contributed by atoms with Crippen molar-refractivity contribution < 1.29 is 4.79 Å². The van der Waals surface area contributed by atoms with E-state index in [1.165, 1.54) is 0 Å². The number of halogens is 1. The van der Waals surface area contributed by atoms with E-state index in [4.69, 9.17) is 0 Å². The fourth-order valence-corrected chi connectivity index (χ4v) is 3.07. The summed E-state index contributed by atoms with van der Waals surface area (Å²) in [6.07, 6.45) is 3.04. The van der Waals surface area contributed by atoms with E-state index >= 15 is 0 Å². The number of benzene rings is 1. The van der Waals surface area contributed by atoms with Crippen molar-refractivity contribution in [2.45, 2.75) is 25.7 Å². The van der Waals surface area contributed by atoms with Gasteiger partial charge in [0.05, 0.1) is 5.69 Å². The molecule has 1 aliphatic rings. The summed E-state index contributed by atoms with van der Waals surface area (Å²) in [5.74, 6) is 0.450. The van der Waals surface area contributed by atoms with Crippen LogP contribution in [0.3, 0.4) is 0 Å². The van der Waals surface area contributed by atoms with Crippen molar-refractivity contribution in [3.63, 3.8) is 0 Å². The molecule has 1 aromatic heterocycles. The quantitative estimate of drug-likeness (QED) is 0.869. The highest BCUT2D eigenvalue weighted by molar-refractivity contribution is 9.10. The molecule has 1 heterocycles. The first-order chi connectivity index (χ1) is 10.1. The number of fused-ring (bicyclic) bond motifs is 1. The third kappa shape index (κ3) is 3.29. The summed E-state index contributed by atoms with van der Waals surface area (Å²) < 4.78 is 0.968. The Morgan fingerprint density at radius 1 is 1.33 bits per heavy atom. The number of ketones is 1. The molecule has 108 valence electrons. The van der Waals surface area contributed by atoms with Crippen LogP contribution in [0.5, 0.6) is 0 Å².